The van der Waals surface area contributed by atoms with Crippen LogP contribution >= 0.6 is 0 Å². The van der Waals surface area contributed by atoms with Gasteiger partial charge in [0.1, 0.15) is 5.75 Å². The maximum atomic E-state index is 9.61. The summed E-state index contributed by atoms with van der Waals surface area (Å²) in [5.74, 6) is 0.213. The highest BCUT2D eigenvalue weighted by molar-refractivity contribution is 5.26. The summed E-state index contributed by atoms with van der Waals surface area (Å²) in [5.41, 5.74) is 0.267. The molecule has 1 aromatic rings. The number of quaternary nitrogens is 1. The number of benzene rings is 1. The lowest BCUT2D eigenvalue weighted by molar-refractivity contribution is -0.929. The lowest BCUT2D eigenvalue weighted by atomic mass is 9.89. The molecule has 0 fully saturated rings. The monoisotopic (exact) mass is 240 g/mol. The molecule has 4 nitrogen and oxygen atoms in total. The molecule has 96 valence electrons. The Morgan fingerprint density at radius 2 is 1.59 bits per heavy atom. The predicted molar refractivity (Wildman–Crippen MR) is 66.5 cm³/mol. The smallest absolute Gasteiger partial charge is 0.208 e. The van der Waals surface area contributed by atoms with Crippen molar-refractivity contribution < 1.29 is 19.8 Å². The Bertz CT molecular complexity index is 367. The Morgan fingerprint density at radius 1 is 1.12 bits per heavy atom. The SMILES string of the molecule is CC(Cc1ccc(O)cc1)(C(O)O)[N+](C)(C)C. The molecule has 1 aromatic carbocycles. The Hall–Kier alpha value is -1.10. The molecule has 0 amide bonds. The van der Waals surface area contributed by atoms with Gasteiger partial charge in [-0.25, -0.2) is 0 Å². The van der Waals surface area contributed by atoms with Crippen LogP contribution in [-0.4, -0.2) is 52.8 Å². The molecule has 0 aliphatic heterocycles. The lowest BCUT2D eigenvalue weighted by Gasteiger charge is -2.45. The van der Waals surface area contributed by atoms with Gasteiger partial charge in [0.15, 0.2) is 5.54 Å². The molecule has 0 aliphatic rings. The molecule has 0 spiro atoms. The van der Waals surface area contributed by atoms with Crippen LogP contribution in [0.3, 0.4) is 0 Å². The summed E-state index contributed by atoms with van der Waals surface area (Å²) >= 11 is 0. The molecule has 0 bridgehead atoms. The third-order valence-corrected chi connectivity index (χ3v) is 3.59. The van der Waals surface area contributed by atoms with E-state index in [2.05, 4.69) is 0 Å². The van der Waals surface area contributed by atoms with Gasteiger partial charge in [0, 0.05) is 6.42 Å². The van der Waals surface area contributed by atoms with E-state index in [-0.39, 0.29) is 5.75 Å². The average molecular weight is 240 g/mol. The largest absolute Gasteiger partial charge is 0.508 e. The van der Waals surface area contributed by atoms with Gasteiger partial charge in [0.2, 0.25) is 6.29 Å². The highest BCUT2D eigenvalue weighted by atomic mass is 16.5. The van der Waals surface area contributed by atoms with E-state index in [9.17, 15) is 15.3 Å². The molecule has 0 saturated heterocycles. The number of phenolic OH excluding ortho intramolecular Hbond substituents is 1. The summed E-state index contributed by atoms with van der Waals surface area (Å²) in [6.45, 7) is 1.84. The van der Waals surface area contributed by atoms with E-state index in [1.54, 1.807) is 24.3 Å². The second-order valence-corrected chi connectivity index (χ2v) is 5.59. The van der Waals surface area contributed by atoms with Gasteiger partial charge in [0.25, 0.3) is 0 Å². The first kappa shape index (κ1) is 14.0. The molecular formula is C13H22NO3+. The van der Waals surface area contributed by atoms with Crippen LogP contribution in [0.25, 0.3) is 0 Å². The molecular weight excluding hydrogens is 218 g/mol. The number of aromatic hydroxyl groups is 1. The fourth-order valence-corrected chi connectivity index (χ4v) is 1.70. The zero-order chi connectivity index (χ0) is 13.3. The zero-order valence-corrected chi connectivity index (χ0v) is 10.9. The molecule has 3 N–H and O–H groups in total. The van der Waals surface area contributed by atoms with Gasteiger partial charge >= 0.3 is 0 Å². The summed E-state index contributed by atoms with van der Waals surface area (Å²) < 4.78 is 0.436. The Morgan fingerprint density at radius 3 is 1.94 bits per heavy atom. The summed E-state index contributed by atoms with van der Waals surface area (Å²) in [7, 11) is 5.79. The highest BCUT2D eigenvalue weighted by Crippen LogP contribution is 2.27. The van der Waals surface area contributed by atoms with E-state index >= 15 is 0 Å². The van der Waals surface area contributed by atoms with Gasteiger partial charge in [-0.2, -0.15) is 0 Å². The van der Waals surface area contributed by atoms with Crippen LogP contribution in [0.5, 0.6) is 5.75 Å². The summed E-state index contributed by atoms with van der Waals surface area (Å²) in [5, 5.41) is 28.4. The van der Waals surface area contributed by atoms with Crippen LogP contribution in [0.15, 0.2) is 24.3 Å². The molecule has 0 radical (unpaired) electrons. The topological polar surface area (TPSA) is 60.7 Å². The Balaban J connectivity index is 2.99. The predicted octanol–water partition coefficient (Wildman–Crippen LogP) is 0.710. The first-order valence-electron chi connectivity index (χ1n) is 5.62. The van der Waals surface area contributed by atoms with E-state index in [0.29, 0.717) is 10.9 Å². The van der Waals surface area contributed by atoms with Crippen LogP contribution in [-0.2, 0) is 6.42 Å². The third-order valence-electron chi connectivity index (χ3n) is 3.59. The van der Waals surface area contributed by atoms with Crippen molar-refractivity contribution in [3.8, 4) is 5.75 Å². The molecule has 0 aliphatic carbocycles. The Kier molecular flexibility index (Phi) is 3.81. The average Bonchev–Trinajstić information content (AvgIpc) is 2.19. The molecule has 1 rings (SSSR count). The number of nitrogens with zero attached hydrogens (tertiary/aromatic N) is 1. The summed E-state index contributed by atoms with van der Waals surface area (Å²) in [6, 6.07) is 6.81. The normalized spacial score (nSPS) is 15.9. The minimum absolute atomic E-state index is 0.213. The number of hydrogen-bond donors (Lipinski definition) is 3. The van der Waals surface area contributed by atoms with Crippen LogP contribution in [0.4, 0.5) is 0 Å². The molecule has 4 heteroatoms. The van der Waals surface area contributed by atoms with Crippen LogP contribution < -0.4 is 0 Å². The third kappa shape index (κ3) is 2.97. The van der Waals surface area contributed by atoms with Crippen molar-refractivity contribution in [2.24, 2.45) is 0 Å². The van der Waals surface area contributed by atoms with Gasteiger partial charge in [-0.1, -0.05) is 12.1 Å². The summed E-state index contributed by atoms with van der Waals surface area (Å²) in [6.07, 6.45) is -0.884. The molecule has 1 unspecified atom stereocenters. The van der Waals surface area contributed by atoms with Crippen molar-refractivity contribution in [2.45, 2.75) is 25.2 Å². The summed E-state index contributed by atoms with van der Waals surface area (Å²) in [4.78, 5) is 0. The molecule has 17 heavy (non-hydrogen) atoms. The van der Waals surface area contributed by atoms with Gasteiger partial charge in [-0.05, 0) is 24.6 Å². The van der Waals surface area contributed by atoms with E-state index in [1.807, 2.05) is 28.1 Å². The van der Waals surface area contributed by atoms with Crippen molar-refractivity contribution in [1.29, 1.82) is 0 Å². The lowest BCUT2D eigenvalue weighted by Crippen LogP contribution is -2.63. The van der Waals surface area contributed by atoms with Crippen LogP contribution in [0.2, 0.25) is 0 Å². The van der Waals surface area contributed by atoms with Crippen molar-refractivity contribution >= 4 is 0 Å². The van der Waals surface area contributed by atoms with E-state index in [0.717, 1.165) is 5.56 Å². The first-order chi connectivity index (χ1) is 7.67. The fraction of sp³-hybridized carbons (Fsp3) is 0.538. The van der Waals surface area contributed by atoms with Gasteiger partial charge < -0.3 is 19.8 Å². The standard InChI is InChI=1S/C13H21NO3/c1-13(12(16)17,14(2,3)4)9-10-5-7-11(15)8-6-10/h5-8,12,16-17H,9H2,1-4H3/p+1. The van der Waals surface area contributed by atoms with E-state index < -0.39 is 11.8 Å². The molecule has 0 heterocycles. The van der Waals surface area contributed by atoms with Crippen molar-refractivity contribution in [1.82, 2.24) is 0 Å². The Labute approximate surface area is 102 Å². The maximum Gasteiger partial charge on any atom is 0.208 e. The number of likely N-dealkylation sites (N-methyl/N-ethyl adjacent to an activating group) is 1. The van der Waals surface area contributed by atoms with Crippen molar-refractivity contribution in [3.05, 3.63) is 29.8 Å². The van der Waals surface area contributed by atoms with Crippen molar-refractivity contribution in [2.75, 3.05) is 21.1 Å². The second-order valence-electron chi connectivity index (χ2n) is 5.59. The molecule has 0 aromatic heterocycles. The van der Waals surface area contributed by atoms with Gasteiger partial charge in [-0.15, -0.1) is 0 Å². The number of rotatable bonds is 4. The van der Waals surface area contributed by atoms with Crippen LogP contribution in [0, 0.1) is 0 Å². The maximum absolute atomic E-state index is 9.61. The minimum atomic E-state index is -1.41. The van der Waals surface area contributed by atoms with Gasteiger partial charge in [0.05, 0.1) is 21.1 Å². The number of aliphatic hydroxyl groups excluding tert-OH is 1. The minimum Gasteiger partial charge on any atom is -0.508 e. The number of phenols is 1. The van der Waals surface area contributed by atoms with E-state index in [1.165, 1.54) is 0 Å². The first-order valence-corrected chi connectivity index (χ1v) is 5.62. The fourth-order valence-electron chi connectivity index (χ4n) is 1.70. The zero-order valence-electron chi connectivity index (χ0n) is 10.9. The molecule has 0 saturated carbocycles. The highest BCUT2D eigenvalue weighted by Gasteiger charge is 2.44. The number of aliphatic hydroxyl groups is 2. The second kappa shape index (κ2) is 4.64. The van der Waals surface area contributed by atoms with Crippen molar-refractivity contribution in [3.63, 3.8) is 0 Å². The molecule has 1 atom stereocenters. The quantitative estimate of drug-likeness (QED) is 0.536. The number of hydrogen-bond acceptors (Lipinski definition) is 3. The van der Waals surface area contributed by atoms with Crippen LogP contribution in [0.1, 0.15) is 12.5 Å². The van der Waals surface area contributed by atoms with Gasteiger partial charge in [-0.3, -0.25) is 0 Å². The van der Waals surface area contributed by atoms with E-state index in [4.69, 9.17) is 0 Å².